The molecular formula is C107H171N5O10. The zero-order valence-corrected chi connectivity index (χ0v) is 83.5. The Kier molecular flexibility index (Phi) is 40.8. The molecule has 684 valence electrons. The molecule has 6 rings (SSSR count). The first-order chi connectivity index (χ1) is 55.3. The van der Waals surface area contributed by atoms with Crippen molar-refractivity contribution < 1.29 is 51.1 Å². The number of rotatable bonds is 22. The lowest BCUT2D eigenvalue weighted by Gasteiger charge is -2.27. The first-order valence-corrected chi connectivity index (χ1v) is 44.5. The van der Waals surface area contributed by atoms with Crippen LogP contribution in [-0.4, -0.2) is 145 Å². The topological polar surface area (TPSA) is 264 Å². The number of aliphatic imine (C=N–C) groups is 5. The van der Waals surface area contributed by atoms with Gasteiger partial charge in [-0.15, -0.1) is 0 Å². The Morgan fingerprint density at radius 1 is 0.295 bits per heavy atom. The zero-order valence-electron chi connectivity index (χ0n) is 83.5. The summed E-state index contributed by atoms with van der Waals surface area (Å²) in [5.74, 6) is 2.46. The van der Waals surface area contributed by atoms with Crippen molar-refractivity contribution in [3.05, 3.63) is 180 Å². The number of aliphatic hydroxyl groups is 5. The van der Waals surface area contributed by atoms with Crippen molar-refractivity contribution in [1.82, 2.24) is 0 Å². The highest BCUT2D eigenvalue weighted by atomic mass is 16.3. The number of aliphatic hydroxyl groups excluding tert-OH is 5. The predicted octanol–water partition coefficient (Wildman–Crippen LogP) is 23.9. The van der Waals surface area contributed by atoms with Gasteiger partial charge in [0.15, 0.2) is 0 Å². The third kappa shape index (κ3) is 35.1. The molecule has 0 spiro atoms. The number of phenolic OH excluding ortho intramolecular Hbond substituents is 5. The largest absolute Gasteiger partial charge is 0.507 e. The molecule has 0 heterocycles. The molecule has 0 amide bonds. The first-order valence-electron chi connectivity index (χ1n) is 44.5. The lowest BCUT2D eigenvalue weighted by molar-refractivity contribution is 0.191. The monoisotopic (exact) mass is 1690 g/mol. The van der Waals surface area contributed by atoms with Crippen molar-refractivity contribution >= 4 is 31.1 Å². The molecule has 10 N–H and O–H groups in total. The average molecular weight is 1690 g/mol. The number of hydrogen-bond acceptors (Lipinski definition) is 15. The summed E-state index contributed by atoms with van der Waals surface area (Å²) in [6.45, 7) is 82.7. The molecule has 6 atom stereocenters. The van der Waals surface area contributed by atoms with Crippen LogP contribution in [0.2, 0.25) is 0 Å². The lowest BCUT2D eigenvalue weighted by atomic mass is 9.79. The Hall–Kier alpha value is -7.53. The zero-order chi connectivity index (χ0) is 94.6. The molecule has 6 aromatic carbocycles. The second kappa shape index (κ2) is 45.1. The lowest BCUT2D eigenvalue weighted by Crippen LogP contribution is -2.28. The van der Waals surface area contributed by atoms with Gasteiger partial charge < -0.3 is 51.1 Å². The van der Waals surface area contributed by atoms with Crippen LogP contribution in [-0.2, 0) is 60.6 Å². The fourth-order valence-electron chi connectivity index (χ4n) is 13.1. The number of phenols is 5. The van der Waals surface area contributed by atoms with E-state index in [9.17, 15) is 51.1 Å². The summed E-state index contributed by atoms with van der Waals surface area (Å²) in [4.78, 5) is 22.7. The normalized spacial score (nSPS) is 14.8. The molecule has 15 nitrogen and oxygen atoms in total. The Balaban J connectivity index is 0.000000517. The molecule has 6 aromatic rings. The van der Waals surface area contributed by atoms with Gasteiger partial charge >= 0.3 is 0 Å². The van der Waals surface area contributed by atoms with Gasteiger partial charge in [0.25, 0.3) is 0 Å². The second-order valence-electron chi connectivity index (χ2n) is 45.9. The summed E-state index contributed by atoms with van der Waals surface area (Å²) < 4.78 is 0. The summed E-state index contributed by atoms with van der Waals surface area (Å²) in [6.07, 6.45) is 11.1. The van der Waals surface area contributed by atoms with E-state index in [2.05, 4.69) is 311 Å². The molecular weight excluding hydrogens is 1520 g/mol. The highest BCUT2D eigenvalue weighted by Gasteiger charge is 2.32. The summed E-state index contributed by atoms with van der Waals surface area (Å²) in [5.41, 5.74) is 14.2. The molecule has 0 aromatic heterocycles. The Labute approximate surface area is 741 Å². The maximum Gasteiger partial charge on any atom is 0.128 e. The molecule has 0 aliphatic carbocycles. The van der Waals surface area contributed by atoms with E-state index in [4.69, 9.17) is 0 Å². The van der Waals surface area contributed by atoms with E-state index in [-0.39, 0.29) is 146 Å². The first kappa shape index (κ1) is 111. The van der Waals surface area contributed by atoms with Crippen LogP contribution in [0.1, 0.15) is 372 Å². The van der Waals surface area contributed by atoms with Crippen LogP contribution in [0.3, 0.4) is 0 Å². The fraction of sp³-hybridized carbons (Fsp3) is 0.617. The van der Waals surface area contributed by atoms with Gasteiger partial charge in [0.05, 0.1) is 63.2 Å². The van der Waals surface area contributed by atoms with E-state index >= 15 is 0 Å². The highest BCUT2D eigenvalue weighted by molar-refractivity contribution is 5.88. The molecule has 15 heteroatoms. The molecule has 0 aliphatic rings. The van der Waals surface area contributed by atoms with Gasteiger partial charge in [-0.05, 0) is 154 Å². The van der Waals surface area contributed by atoms with Gasteiger partial charge in [-0.25, -0.2) is 0 Å². The van der Waals surface area contributed by atoms with E-state index in [0.29, 0.717) is 35.3 Å². The van der Waals surface area contributed by atoms with E-state index in [1.807, 2.05) is 74.5 Å². The van der Waals surface area contributed by atoms with Gasteiger partial charge in [0.1, 0.15) is 28.7 Å². The standard InChI is InChI=1S/C24H33NO2.3C21H35NO2.C20H33NO2/c1-23(2,3)19-13-18(22(27)21(14-19)24(4,5)6)15-25-20(16-26)12-17-10-8-7-9-11-17;1-19(2,3)15-10-14(12-22-17(13-23)21(7,8)9)18(24)16(11-15)20(4,5)6;1-14(2)9-17(13-23)22-12-15-10-16(20(3,4)5)11-18(19(15)24)21(6,7)8;1-9-14(2)18(13-23)22-12-15-10-16(20(3,4)5)11-17(19(15)24)21(6,7)8;1-13(2)17(12-22)21-11-14-9-15(19(3,4)5)10-16(18(14)23)20(6,7)8/h7-11,13-15,20,26-27H,12,16H2,1-6H3;10-12,17,23-24H,13H2,1-9H3;10-12,14,17,23-24H,9,13H2,1-8H3;10-12,14,18,23-24H,9,13H2,1-8H3;9-11,13,17,22-23H,12H2,1-8H3/t20-;2*17-;14?,18-;17-/m01011/s1. The van der Waals surface area contributed by atoms with Crippen molar-refractivity contribution in [2.24, 2.45) is 48.1 Å². The Bertz CT molecular complexity index is 4390. The van der Waals surface area contributed by atoms with Crippen molar-refractivity contribution in [3.8, 4) is 28.7 Å². The smallest absolute Gasteiger partial charge is 0.128 e. The second-order valence-corrected chi connectivity index (χ2v) is 45.9. The van der Waals surface area contributed by atoms with Crippen LogP contribution in [0.5, 0.6) is 28.7 Å². The number of hydrogen-bond donors (Lipinski definition) is 10. The Morgan fingerprint density at radius 2 is 0.549 bits per heavy atom. The summed E-state index contributed by atoms with van der Waals surface area (Å²) in [6, 6.07) is 29.7. The fourth-order valence-corrected chi connectivity index (χ4v) is 13.1. The molecule has 0 radical (unpaired) electrons. The summed E-state index contributed by atoms with van der Waals surface area (Å²) >= 11 is 0. The van der Waals surface area contributed by atoms with Crippen molar-refractivity contribution in [2.45, 2.75) is 374 Å². The summed E-state index contributed by atoms with van der Waals surface area (Å²) in [7, 11) is 0. The highest BCUT2D eigenvalue weighted by Crippen LogP contribution is 2.43. The van der Waals surface area contributed by atoms with E-state index in [1.165, 1.54) is 22.3 Å². The number of benzene rings is 6. The van der Waals surface area contributed by atoms with Crippen LogP contribution in [0.15, 0.2) is 116 Å². The van der Waals surface area contributed by atoms with Crippen molar-refractivity contribution in [1.29, 1.82) is 0 Å². The minimum absolute atomic E-state index is 0.00808. The maximum absolute atomic E-state index is 10.8. The van der Waals surface area contributed by atoms with Gasteiger partial charge in [-0.2, -0.15) is 0 Å². The van der Waals surface area contributed by atoms with E-state index in [0.717, 1.165) is 74.0 Å². The molecule has 0 aliphatic heterocycles. The molecule has 1 unspecified atom stereocenters. The molecule has 0 saturated heterocycles. The third-order valence-electron chi connectivity index (χ3n) is 22.2. The van der Waals surface area contributed by atoms with Gasteiger partial charge in [-0.1, -0.05) is 337 Å². The number of aromatic hydroxyl groups is 5. The van der Waals surface area contributed by atoms with Crippen molar-refractivity contribution in [2.75, 3.05) is 33.0 Å². The van der Waals surface area contributed by atoms with Crippen LogP contribution in [0.4, 0.5) is 0 Å². The minimum Gasteiger partial charge on any atom is -0.507 e. The number of nitrogens with zero attached hydrogens (tertiary/aromatic N) is 5. The van der Waals surface area contributed by atoms with Crippen molar-refractivity contribution in [3.63, 3.8) is 0 Å². The van der Waals surface area contributed by atoms with Gasteiger partial charge in [0.2, 0.25) is 0 Å². The molecule has 0 fully saturated rings. The molecule has 0 saturated carbocycles. The van der Waals surface area contributed by atoms with Crippen LogP contribution in [0, 0.1) is 23.2 Å². The minimum atomic E-state index is -0.233. The molecule has 122 heavy (non-hydrogen) atoms. The Morgan fingerprint density at radius 3 is 0.762 bits per heavy atom. The molecule has 0 bridgehead atoms. The van der Waals surface area contributed by atoms with Gasteiger partial charge in [0, 0.05) is 86.7 Å². The third-order valence-corrected chi connectivity index (χ3v) is 22.2. The SMILES string of the molecule is CC(C)(C)c1cc(C=N[C@H](CO)C(C)(C)C)c(O)c(C(C)(C)C)c1.CC(C)(C)c1cc(C=N[C@H](CO)Cc2ccccc2)c(O)c(C(C)(C)C)c1.CC(C)C[C@@H](CO)N=Cc1cc(C(C)(C)C)cc(C(C)(C)C)c1O.CC(C)[C@@H](CO)N=Cc1cc(C(C)(C)C)cc(C(C)(C)C)c1O.CCC(C)[C@@H](CO)N=Cc1cc(C(C)(C)C)cc(C(C)(C)C)c1O. The van der Waals surface area contributed by atoms with Gasteiger partial charge in [-0.3, -0.25) is 25.0 Å². The van der Waals surface area contributed by atoms with E-state index < -0.39 is 0 Å². The quantitative estimate of drug-likeness (QED) is 0.0287. The van der Waals surface area contributed by atoms with Crippen LogP contribution in [0.25, 0.3) is 0 Å². The average Bonchev–Trinajstić information content (AvgIpc) is 0.807. The van der Waals surface area contributed by atoms with Crippen LogP contribution >= 0.6 is 0 Å². The summed E-state index contributed by atoms with van der Waals surface area (Å²) in [5, 5.41) is 102. The maximum atomic E-state index is 10.8. The predicted molar refractivity (Wildman–Crippen MR) is 523 cm³/mol. The van der Waals surface area contributed by atoms with E-state index in [1.54, 1.807) is 31.1 Å². The van der Waals surface area contributed by atoms with Crippen LogP contribution < -0.4 is 0 Å².